The largest absolute Gasteiger partial charge is 0.326 e. The summed E-state index contributed by atoms with van der Waals surface area (Å²) in [5.74, 6) is -0.152. The third-order valence-corrected chi connectivity index (χ3v) is 2.14. The topological polar surface area (TPSA) is 58.2 Å². The van der Waals surface area contributed by atoms with Crippen LogP contribution in [-0.2, 0) is 9.59 Å². The van der Waals surface area contributed by atoms with Crippen molar-refractivity contribution >= 4 is 23.2 Å². The van der Waals surface area contributed by atoms with Crippen LogP contribution in [0.15, 0.2) is 24.3 Å². The molecule has 0 atom stereocenters. The molecule has 17 heavy (non-hydrogen) atoms. The standard InChI is InChI=1S/C13H18N2O2/c1-9(16)14-10-5-7-11(8-6-10)15-12(17)13(2,3)4/h5-8H,1-4H3,(H,14,16)(H,15,17). The van der Waals surface area contributed by atoms with Gasteiger partial charge in [-0.1, -0.05) is 20.8 Å². The van der Waals surface area contributed by atoms with Crippen molar-refractivity contribution in [1.82, 2.24) is 0 Å². The molecule has 1 rings (SSSR count). The van der Waals surface area contributed by atoms with E-state index in [9.17, 15) is 9.59 Å². The van der Waals surface area contributed by atoms with Crippen molar-refractivity contribution in [3.05, 3.63) is 24.3 Å². The molecule has 0 heterocycles. The molecule has 0 aliphatic rings. The molecule has 1 aromatic rings. The molecule has 92 valence electrons. The number of hydrogen-bond donors (Lipinski definition) is 2. The number of carbonyl (C=O) groups is 2. The molecule has 2 N–H and O–H groups in total. The van der Waals surface area contributed by atoms with Gasteiger partial charge in [-0.15, -0.1) is 0 Å². The molecule has 0 aliphatic carbocycles. The third-order valence-electron chi connectivity index (χ3n) is 2.14. The van der Waals surface area contributed by atoms with Gasteiger partial charge in [0.15, 0.2) is 0 Å². The van der Waals surface area contributed by atoms with Gasteiger partial charge in [-0.3, -0.25) is 9.59 Å². The van der Waals surface area contributed by atoms with Crippen LogP contribution in [0.3, 0.4) is 0 Å². The zero-order chi connectivity index (χ0) is 13.1. The molecule has 0 bridgehead atoms. The van der Waals surface area contributed by atoms with Crippen molar-refractivity contribution in [1.29, 1.82) is 0 Å². The number of amides is 2. The molecule has 0 saturated carbocycles. The fourth-order valence-corrected chi connectivity index (χ4v) is 1.16. The summed E-state index contributed by atoms with van der Waals surface area (Å²) < 4.78 is 0. The predicted molar refractivity (Wildman–Crippen MR) is 68.8 cm³/mol. The van der Waals surface area contributed by atoms with Crippen LogP contribution in [0.1, 0.15) is 27.7 Å². The van der Waals surface area contributed by atoms with Gasteiger partial charge < -0.3 is 10.6 Å². The van der Waals surface area contributed by atoms with E-state index in [2.05, 4.69) is 10.6 Å². The first kappa shape index (κ1) is 13.2. The van der Waals surface area contributed by atoms with Crippen molar-refractivity contribution in [3.8, 4) is 0 Å². The molecular weight excluding hydrogens is 216 g/mol. The van der Waals surface area contributed by atoms with Crippen LogP contribution in [0.4, 0.5) is 11.4 Å². The number of rotatable bonds is 2. The van der Waals surface area contributed by atoms with Gasteiger partial charge >= 0.3 is 0 Å². The highest BCUT2D eigenvalue weighted by Crippen LogP contribution is 2.18. The lowest BCUT2D eigenvalue weighted by Gasteiger charge is -2.17. The zero-order valence-corrected chi connectivity index (χ0v) is 10.6. The maximum absolute atomic E-state index is 11.7. The van der Waals surface area contributed by atoms with E-state index in [0.29, 0.717) is 5.69 Å². The quantitative estimate of drug-likeness (QED) is 0.826. The molecule has 0 aliphatic heterocycles. The minimum Gasteiger partial charge on any atom is -0.326 e. The lowest BCUT2D eigenvalue weighted by atomic mass is 9.95. The molecule has 2 amide bonds. The second-order valence-corrected chi connectivity index (χ2v) is 4.96. The van der Waals surface area contributed by atoms with Gasteiger partial charge in [0.1, 0.15) is 0 Å². The van der Waals surface area contributed by atoms with Gasteiger partial charge in [0.05, 0.1) is 0 Å². The van der Waals surface area contributed by atoms with E-state index in [1.807, 2.05) is 20.8 Å². The monoisotopic (exact) mass is 234 g/mol. The lowest BCUT2D eigenvalue weighted by Crippen LogP contribution is -2.27. The van der Waals surface area contributed by atoms with Crippen LogP contribution in [0, 0.1) is 5.41 Å². The molecule has 0 radical (unpaired) electrons. The average molecular weight is 234 g/mol. The fourth-order valence-electron chi connectivity index (χ4n) is 1.16. The van der Waals surface area contributed by atoms with Crippen molar-refractivity contribution in [3.63, 3.8) is 0 Å². The van der Waals surface area contributed by atoms with E-state index < -0.39 is 5.41 Å². The molecule has 0 saturated heterocycles. The van der Waals surface area contributed by atoms with Crippen molar-refractivity contribution in [2.24, 2.45) is 5.41 Å². The van der Waals surface area contributed by atoms with Crippen LogP contribution >= 0.6 is 0 Å². The molecule has 0 aromatic heterocycles. The first-order valence-electron chi connectivity index (χ1n) is 5.48. The molecule has 4 nitrogen and oxygen atoms in total. The van der Waals surface area contributed by atoms with Gasteiger partial charge in [-0.05, 0) is 24.3 Å². The second-order valence-electron chi connectivity index (χ2n) is 4.96. The lowest BCUT2D eigenvalue weighted by molar-refractivity contribution is -0.123. The average Bonchev–Trinajstić information content (AvgIpc) is 2.18. The molecule has 0 spiro atoms. The van der Waals surface area contributed by atoms with Crippen LogP contribution in [0.25, 0.3) is 0 Å². The second kappa shape index (κ2) is 4.99. The number of carbonyl (C=O) groups excluding carboxylic acids is 2. The SMILES string of the molecule is CC(=O)Nc1ccc(NC(=O)C(C)(C)C)cc1. The maximum Gasteiger partial charge on any atom is 0.229 e. The maximum atomic E-state index is 11.7. The van der Waals surface area contributed by atoms with Crippen LogP contribution in [0.2, 0.25) is 0 Å². The summed E-state index contributed by atoms with van der Waals surface area (Å²) >= 11 is 0. The highest BCUT2D eigenvalue weighted by Gasteiger charge is 2.20. The Morgan fingerprint density at radius 1 is 0.941 bits per heavy atom. The summed E-state index contributed by atoms with van der Waals surface area (Å²) in [5, 5.41) is 5.47. The Labute approximate surface area is 101 Å². The number of hydrogen-bond acceptors (Lipinski definition) is 2. The van der Waals surface area contributed by atoms with E-state index in [1.165, 1.54) is 6.92 Å². The summed E-state index contributed by atoms with van der Waals surface area (Å²) in [5.41, 5.74) is 1.02. The summed E-state index contributed by atoms with van der Waals surface area (Å²) in [6.45, 7) is 7.02. The summed E-state index contributed by atoms with van der Waals surface area (Å²) in [6, 6.07) is 7.02. The number of benzene rings is 1. The normalized spacial score (nSPS) is 10.8. The number of anilines is 2. The van der Waals surface area contributed by atoms with Crippen LogP contribution < -0.4 is 10.6 Å². The van der Waals surface area contributed by atoms with Gasteiger partial charge in [0.25, 0.3) is 0 Å². The molecular formula is C13H18N2O2. The Hall–Kier alpha value is -1.84. The van der Waals surface area contributed by atoms with Gasteiger partial charge in [0.2, 0.25) is 11.8 Å². The first-order chi connectivity index (χ1) is 7.79. The van der Waals surface area contributed by atoms with E-state index >= 15 is 0 Å². The molecule has 0 unspecified atom stereocenters. The highest BCUT2D eigenvalue weighted by atomic mass is 16.2. The Kier molecular flexibility index (Phi) is 3.89. The smallest absolute Gasteiger partial charge is 0.229 e. The zero-order valence-electron chi connectivity index (χ0n) is 10.6. The van der Waals surface area contributed by atoms with E-state index in [4.69, 9.17) is 0 Å². The van der Waals surface area contributed by atoms with Gasteiger partial charge in [-0.2, -0.15) is 0 Å². The van der Waals surface area contributed by atoms with E-state index in [1.54, 1.807) is 24.3 Å². The molecule has 4 heteroatoms. The van der Waals surface area contributed by atoms with Crippen LogP contribution in [0.5, 0.6) is 0 Å². The summed E-state index contributed by atoms with van der Waals surface area (Å²) in [6.07, 6.45) is 0. The minimum absolute atomic E-state index is 0.0372. The van der Waals surface area contributed by atoms with Crippen LogP contribution in [-0.4, -0.2) is 11.8 Å². The highest BCUT2D eigenvalue weighted by molar-refractivity contribution is 5.95. The number of nitrogens with one attached hydrogen (secondary N) is 2. The molecule has 0 fully saturated rings. The minimum atomic E-state index is -0.420. The van der Waals surface area contributed by atoms with Gasteiger partial charge in [-0.25, -0.2) is 0 Å². The van der Waals surface area contributed by atoms with Crippen molar-refractivity contribution in [2.45, 2.75) is 27.7 Å². The van der Waals surface area contributed by atoms with E-state index in [-0.39, 0.29) is 11.8 Å². The van der Waals surface area contributed by atoms with Crippen molar-refractivity contribution in [2.75, 3.05) is 10.6 Å². The molecule has 1 aromatic carbocycles. The Morgan fingerprint density at radius 3 is 1.71 bits per heavy atom. The predicted octanol–water partition coefficient (Wildman–Crippen LogP) is 2.63. The fraction of sp³-hybridized carbons (Fsp3) is 0.385. The first-order valence-corrected chi connectivity index (χ1v) is 5.48. The van der Waals surface area contributed by atoms with E-state index in [0.717, 1.165) is 5.69 Å². The van der Waals surface area contributed by atoms with Crippen molar-refractivity contribution < 1.29 is 9.59 Å². The Morgan fingerprint density at radius 2 is 1.35 bits per heavy atom. The summed E-state index contributed by atoms with van der Waals surface area (Å²) in [7, 11) is 0. The van der Waals surface area contributed by atoms with Gasteiger partial charge in [0, 0.05) is 23.7 Å². The Balaban J connectivity index is 2.69. The Bertz CT molecular complexity index is 416. The summed E-state index contributed by atoms with van der Waals surface area (Å²) in [4.78, 5) is 22.5. The third kappa shape index (κ3) is 4.26.